The van der Waals surface area contributed by atoms with E-state index in [2.05, 4.69) is 0 Å². The molecule has 2 rings (SSSR count). The molecule has 0 aromatic heterocycles. The van der Waals surface area contributed by atoms with Crippen molar-refractivity contribution in [3.63, 3.8) is 0 Å². The van der Waals surface area contributed by atoms with Gasteiger partial charge in [0.1, 0.15) is 11.5 Å². The van der Waals surface area contributed by atoms with Crippen LogP contribution in [0.2, 0.25) is 0 Å². The summed E-state index contributed by atoms with van der Waals surface area (Å²) in [5.41, 5.74) is 2.85. The molecule has 20 heavy (non-hydrogen) atoms. The van der Waals surface area contributed by atoms with Gasteiger partial charge in [0, 0.05) is 6.08 Å². The molecule has 2 aromatic rings. The number of carbonyl (C=O) groups is 1. The Balaban J connectivity index is 2.30. The molecule has 0 spiro atoms. The molecule has 0 aliphatic rings. The zero-order chi connectivity index (χ0) is 14.5. The lowest BCUT2D eigenvalue weighted by atomic mass is 10.1. The molecule has 0 amide bonds. The van der Waals surface area contributed by atoms with Crippen molar-refractivity contribution in [1.82, 2.24) is 0 Å². The van der Waals surface area contributed by atoms with E-state index in [0.717, 1.165) is 34.3 Å². The van der Waals surface area contributed by atoms with Crippen LogP contribution in [0.3, 0.4) is 0 Å². The molecule has 0 heterocycles. The van der Waals surface area contributed by atoms with Crippen molar-refractivity contribution < 1.29 is 14.6 Å². The molecule has 0 aliphatic carbocycles. The summed E-state index contributed by atoms with van der Waals surface area (Å²) in [4.78, 5) is 10.5. The van der Waals surface area contributed by atoms with E-state index < -0.39 is 5.97 Å². The number of aryl methyl sites for hydroxylation is 2. The molecule has 0 unspecified atom stereocenters. The Morgan fingerprint density at radius 2 is 1.75 bits per heavy atom. The number of carboxylic acids is 1. The number of para-hydroxylation sites is 1. The van der Waals surface area contributed by atoms with Crippen molar-refractivity contribution in [3.8, 4) is 11.5 Å². The van der Waals surface area contributed by atoms with Gasteiger partial charge in [0.25, 0.3) is 0 Å². The second kappa shape index (κ2) is 6.06. The van der Waals surface area contributed by atoms with Crippen LogP contribution < -0.4 is 4.74 Å². The largest absolute Gasteiger partial charge is 0.478 e. The minimum atomic E-state index is -0.966. The lowest BCUT2D eigenvalue weighted by Crippen LogP contribution is -1.91. The first-order chi connectivity index (χ1) is 9.56. The quantitative estimate of drug-likeness (QED) is 0.845. The number of carboxylic acid groups (broad SMARTS) is 1. The number of hydrogen-bond donors (Lipinski definition) is 1. The summed E-state index contributed by atoms with van der Waals surface area (Å²) in [6.45, 7) is 3.94. The highest BCUT2D eigenvalue weighted by molar-refractivity contribution is 5.85. The van der Waals surface area contributed by atoms with Crippen molar-refractivity contribution >= 4 is 12.0 Å². The summed E-state index contributed by atoms with van der Waals surface area (Å²) in [6.07, 6.45) is 2.66. The number of ether oxygens (including phenoxy) is 1. The van der Waals surface area contributed by atoms with Crippen LogP contribution in [-0.4, -0.2) is 11.1 Å². The highest BCUT2D eigenvalue weighted by Gasteiger charge is 2.04. The Morgan fingerprint density at radius 3 is 2.45 bits per heavy atom. The minimum Gasteiger partial charge on any atom is -0.478 e. The molecule has 3 heteroatoms. The summed E-state index contributed by atoms with van der Waals surface area (Å²) in [7, 11) is 0. The van der Waals surface area contributed by atoms with Gasteiger partial charge in [0.15, 0.2) is 0 Å². The van der Waals surface area contributed by atoms with E-state index in [-0.39, 0.29) is 0 Å². The SMILES string of the molecule is Cc1ccccc1Oc1cc(/C=C/C(=O)O)ccc1C. The van der Waals surface area contributed by atoms with Crippen molar-refractivity contribution in [3.05, 3.63) is 65.2 Å². The Hall–Kier alpha value is -2.55. The van der Waals surface area contributed by atoms with Gasteiger partial charge in [0.2, 0.25) is 0 Å². The first-order valence-electron chi connectivity index (χ1n) is 6.31. The van der Waals surface area contributed by atoms with E-state index in [0.29, 0.717) is 0 Å². The monoisotopic (exact) mass is 268 g/mol. The average molecular weight is 268 g/mol. The van der Waals surface area contributed by atoms with Gasteiger partial charge in [-0.05, 0) is 48.7 Å². The molecule has 0 bridgehead atoms. The van der Waals surface area contributed by atoms with Crippen molar-refractivity contribution in [2.45, 2.75) is 13.8 Å². The van der Waals surface area contributed by atoms with E-state index in [1.807, 2.05) is 56.3 Å². The Kier molecular flexibility index (Phi) is 4.20. The Morgan fingerprint density at radius 1 is 1.05 bits per heavy atom. The molecular weight excluding hydrogens is 252 g/mol. The standard InChI is InChI=1S/C17H16O3/c1-12-5-3-4-6-15(12)20-16-11-14(8-7-13(16)2)9-10-17(18)19/h3-11H,1-2H3,(H,18,19)/b10-9+. The third-order valence-corrected chi connectivity index (χ3v) is 2.94. The molecule has 0 saturated carbocycles. The Bertz CT molecular complexity index is 657. The molecule has 0 radical (unpaired) electrons. The molecule has 1 N–H and O–H groups in total. The minimum absolute atomic E-state index is 0.729. The molecule has 0 fully saturated rings. The normalized spacial score (nSPS) is 10.7. The van der Waals surface area contributed by atoms with Gasteiger partial charge in [-0.2, -0.15) is 0 Å². The summed E-state index contributed by atoms with van der Waals surface area (Å²) in [5, 5.41) is 8.65. The topological polar surface area (TPSA) is 46.5 Å². The number of hydrogen-bond acceptors (Lipinski definition) is 2. The molecule has 0 atom stereocenters. The molecule has 0 saturated heterocycles. The number of benzene rings is 2. The van der Waals surface area contributed by atoms with Gasteiger partial charge in [-0.3, -0.25) is 0 Å². The molecule has 3 nitrogen and oxygen atoms in total. The van der Waals surface area contributed by atoms with Crippen LogP contribution in [-0.2, 0) is 4.79 Å². The van der Waals surface area contributed by atoms with Crippen LogP contribution >= 0.6 is 0 Å². The van der Waals surface area contributed by atoms with Gasteiger partial charge in [-0.1, -0.05) is 30.3 Å². The van der Waals surface area contributed by atoms with Gasteiger partial charge < -0.3 is 9.84 Å². The molecule has 0 aliphatic heterocycles. The van der Waals surface area contributed by atoms with Crippen LogP contribution in [0.4, 0.5) is 0 Å². The fraction of sp³-hybridized carbons (Fsp3) is 0.118. The van der Waals surface area contributed by atoms with Gasteiger partial charge in [0.05, 0.1) is 0 Å². The van der Waals surface area contributed by atoms with E-state index in [4.69, 9.17) is 9.84 Å². The lowest BCUT2D eigenvalue weighted by molar-refractivity contribution is -0.131. The fourth-order valence-corrected chi connectivity index (χ4v) is 1.79. The zero-order valence-electron chi connectivity index (χ0n) is 11.5. The summed E-state index contributed by atoms with van der Waals surface area (Å²) < 4.78 is 5.91. The van der Waals surface area contributed by atoms with E-state index >= 15 is 0 Å². The number of rotatable bonds is 4. The summed E-state index contributed by atoms with van der Waals surface area (Å²) in [5.74, 6) is 0.564. The van der Waals surface area contributed by atoms with E-state index in [9.17, 15) is 4.79 Å². The highest BCUT2D eigenvalue weighted by atomic mass is 16.5. The zero-order valence-corrected chi connectivity index (χ0v) is 11.5. The second-order valence-corrected chi connectivity index (χ2v) is 4.56. The molecular formula is C17H16O3. The highest BCUT2D eigenvalue weighted by Crippen LogP contribution is 2.28. The number of aliphatic carboxylic acids is 1. The fourth-order valence-electron chi connectivity index (χ4n) is 1.79. The summed E-state index contributed by atoms with van der Waals surface area (Å²) in [6, 6.07) is 13.4. The third kappa shape index (κ3) is 3.48. The third-order valence-electron chi connectivity index (χ3n) is 2.94. The molecule has 102 valence electrons. The Labute approximate surface area is 118 Å². The van der Waals surface area contributed by atoms with Crippen LogP contribution in [0, 0.1) is 13.8 Å². The van der Waals surface area contributed by atoms with Crippen molar-refractivity contribution in [2.75, 3.05) is 0 Å². The first-order valence-corrected chi connectivity index (χ1v) is 6.31. The maximum absolute atomic E-state index is 10.5. The first kappa shape index (κ1) is 13.9. The van der Waals surface area contributed by atoms with Crippen molar-refractivity contribution in [1.29, 1.82) is 0 Å². The summed E-state index contributed by atoms with van der Waals surface area (Å²) >= 11 is 0. The van der Waals surface area contributed by atoms with Crippen LogP contribution in [0.5, 0.6) is 11.5 Å². The van der Waals surface area contributed by atoms with E-state index in [1.165, 1.54) is 0 Å². The maximum atomic E-state index is 10.5. The van der Waals surface area contributed by atoms with Crippen LogP contribution in [0.25, 0.3) is 6.08 Å². The lowest BCUT2D eigenvalue weighted by Gasteiger charge is -2.11. The smallest absolute Gasteiger partial charge is 0.328 e. The van der Waals surface area contributed by atoms with Gasteiger partial charge >= 0.3 is 5.97 Å². The van der Waals surface area contributed by atoms with Crippen molar-refractivity contribution in [2.24, 2.45) is 0 Å². The van der Waals surface area contributed by atoms with Gasteiger partial charge in [-0.15, -0.1) is 0 Å². The van der Waals surface area contributed by atoms with Crippen LogP contribution in [0.1, 0.15) is 16.7 Å². The van der Waals surface area contributed by atoms with Gasteiger partial charge in [-0.25, -0.2) is 4.79 Å². The predicted octanol–water partition coefficient (Wildman–Crippen LogP) is 4.19. The molecule has 2 aromatic carbocycles. The second-order valence-electron chi connectivity index (χ2n) is 4.56. The maximum Gasteiger partial charge on any atom is 0.328 e. The van der Waals surface area contributed by atoms with E-state index in [1.54, 1.807) is 6.08 Å². The van der Waals surface area contributed by atoms with Crippen LogP contribution in [0.15, 0.2) is 48.5 Å². The average Bonchev–Trinajstić information content (AvgIpc) is 2.42. The predicted molar refractivity (Wildman–Crippen MR) is 79.1 cm³/mol.